The Morgan fingerprint density at radius 3 is 2.78 bits per heavy atom. The standard InChI is InChI=1S/C16H27NO/c1-13(2)6-5-11-16(4,17-12-18)15-9-7-14(3)8-10-15/h6-7,12,15H,5,8-11H2,1-4H3,(H,17,18)/t15-,16-/m1/s1. The lowest BCUT2D eigenvalue weighted by atomic mass is 9.74. The van der Waals surface area contributed by atoms with Crippen molar-refractivity contribution >= 4 is 6.41 Å². The summed E-state index contributed by atoms with van der Waals surface area (Å²) < 4.78 is 0. The van der Waals surface area contributed by atoms with Gasteiger partial charge in [0.05, 0.1) is 0 Å². The van der Waals surface area contributed by atoms with Crippen molar-refractivity contribution in [2.75, 3.05) is 0 Å². The predicted octanol–water partition coefficient (Wildman–Crippen LogP) is 3.98. The van der Waals surface area contributed by atoms with E-state index in [0.29, 0.717) is 5.92 Å². The third-order valence-electron chi connectivity index (χ3n) is 4.14. The summed E-state index contributed by atoms with van der Waals surface area (Å²) in [6.45, 7) is 8.64. The molecular weight excluding hydrogens is 222 g/mol. The topological polar surface area (TPSA) is 29.1 Å². The van der Waals surface area contributed by atoms with E-state index in [1.165, 1.54) is 24.0 Å². The summed E-state index contributed by atoms with van der Waals surface area (Å²) in [6.07, 6.45) is 11.0. The van der Waals surface area contributed by atoms with Gasteiger partial charge in [-0.2, -0.15) is 0 Å². The fourth-order valence-electron chi connectivity index (χ4n) is 2.73. The Labute approximate surface area is 112 Å². The molecule has 0 spiro atoms. The van der Waals surface area contributed by atoms with Crippen molar-refractivity contribution in [3.63, 3.8) is 0 Å². The van der Waals surface area contributed by atoms with Crippen LogP contribution in [0.1, 0.15) is 59.8 Å². The summed E-state index contributed by atoms with van der Waals surface area (Å²) in [5.41, 5.74) is 2.78. The second-order valence-corrected chi connectivity index (χ2v) is 6.02. The van der Waals surface area contributed by atoms with E-state index in [-0.39, 0.29) is 5.54 Å². The molecule has 0 bridgehead atoms. The average Bonchev–Trinajstić information content (AvgIpc) is 2.29. The summed E-state index contributed by atoms with van der Waals surface area (Å²) in [5.74, 6) is 0.567. The molecule has 1 rings (SSSR count). The Balaban J connectivity index is 2.67. The first-order valence-electron chi connectivity index (χ1n) is 6.98. The molecule has 0 aliphatic heterocycles. The molecular formula is C16H27NO. The lowest BCUT2D eigenvalue weighted by Gasteiger charge is -2.39. The van der Waals surface area contributed by atoms with Gasteiger partial charge in [0.1, 0.15) is 0 Å². The molecule has 2 nitrogen and oxygen atoms in total. The minimum absolute atomic E-state index is 0.0646. The van der Waals surface area contributed by atoms with Crippen molar-refractivity contribution < 1.29 is 4.79 Å². The molecule has 0 fully saturated rings. The van der Waals surface area contributed by atoms with Crippen molar-refractivity contribution in [1.29, 1.82) is 0 Å². The second kappa shape index (κ2) is 6.77. The Kier molecular flexibility index (Phi) is 5.64. The molecule has 1 aliphatic rings. The van der Waals surface area contributed by atoms with Gasteiger partial charge >= 0.3 is 0 Å². The summed E-state index contributed by atoms with van der Waals surface area (Å²) in [7, 11) is 0. The molecule has 18 heavy (non-hydrogen) atoms. The van der Waals surface area contributed by atoms with Crippen LogP contribution in [0.2, 0.25) is 0 Å². The fourth-order valence-corrected chi connectivity index (χ4v) is 2.73. The predicted molar refractivity (Wildman–Crippen MR) is 77.4 cm³/mol. The summed E-state index contributed by atoms with van der Waals surface area (Å²) in [5, 5.41) is 3.08. The number of allylic oxidation sites excluding steroid dienone is 4. The van der Waals surface area contributed by atoms with Crippen LogP contribution in [0.25, 0.3) is 0 Å². The molecule has 0 saturated heterocycles. The van der Waals surface area contributed by atoms with Crippen LogP contribution in [-0.2, 0) is 4.79 Å². The Morgan fingerprint density at radius 2 is 2.28 bits per heavy atom. The van der Waals surface area contributed by atoms with E-state index in [4.69, 9.17) is 0 Å². The van der Waals surface area contributed by atoms with Crippen LogP contribution in [0.15, 0.2) is 23.3 Å². The second-order valence-electron chi connectivity index (χ2n) is 6.02. The average molecular weight is 249 g/mol. The van der Waals surface area contributed by atoms with E-state index in [1.807, 2.05) is 0 Å². The van der Waals surface area contributed by atoms with Gasteiger partial charge in [-0.1, -0.05) is 23.3 Å². The third-order valence-corrected chi connectivity index (χ3v) is 4.14. The monoisotopic (exact) mass is 249 g/mol. The number of amides is 1. The Bertz CT molecular complexity index is 339. The molecule has 0 radical (unpaired) electrons. The molecule has 102 valence electrons. The molecule has 1 amide bonds. The largest absolute Gasteiger partial charge is 0.353 e. The van der Waals surface area contributed by atoms with Gasteiger partial charge in [-0.3, -0.25) is 4.79 Å². The summed E-state index contributed by atoms with van der Waals surface area (Å²) in [6, 6.07) is 0. The Morgan fingerprint density at radius 1 is 1.56 bits per heavy atom. The number of carbonyl (C=O) groups is 1. The van der Waals surface area contributed by atoms with Crippen molar-refractivity contribution in [3.05, 3.63) is 23.3 Å². The Hall–Kier alpha value is -1.05. The van der Waals surface area contributed by atoms with Gasteiger partial charge < -0.3 is 5.32 Å². The van der Waals surface area contributed by atoms with E-state index in [9.17, 15) is 4.79 Å². The number of rotatable bonds is 6. The molecule has 0 aromatic heterocycles. The van der Waals surface area contributed by atoms with Crippen LogP contribution < -0.4 is 5.32 Å². The van der Waals surface area contributed by atoms with Crippen molar-refractivity contribution in [2.45, 2.75) is 65.3 Å². The molecule has 2 atom stereocenters. The molecule has 0 saturated carbocycles. The zero-order valence-corrected chi connectivity index (χ0v) is 12.3. The molecule has 0 aromatic rings. The fraction of sp³-hybridized carbons (Fsp3) is 0.688. The van der Waals surface area contributed by atoms with Crippen molar-refractivity contribution in [2.24, 2.45) is 5.92 Å². The van der Waals surface area contributed by atoms with Crippen LogP contribution >= 0.6 is 0 Å². The maximum absolute atomic E-state index is 10.9. The minimum atomic E-state index is -0.0646. The van der Waals surface area contributed by atoms with Gasteiger partial charge in [0, 0.05) is 5.54 Å². The number of hydrogen-bond acceptors (Lipinski definition) is 1. The number of hydrogen-bond donors (Lipinski definition) is 1. The number of nitrogens with one attached hydrogen (secondary N) is 1. The van der Waals surface area contributed by atoms with E-state index in [1.54, 1.807) is 0 Å². The van der Waals surface area contributed by atoms with Gasteiger partial charge in [-0.25, -0.2) is 0 Å². The van der Waals surface area contributed by atoms with Gasteiger partial charge in [-0.05, 0) is 65.7 Å². The quantitative estimate of drug-likeness (QED) is 0.560. The highest BCUT2D eigenvalue weighted by molar-refractivity contribution is 5.48. The smallest absolute Gasteiger partial charge is 0.207 e. The minimum Gasteiger partial charge on any atom is -0.353 e. The first-order chi connectivity index (χ1) is 8.48. The van der Waals surface area contributed by atoms with Gasteiger partial charge in [-0.15, -0.1) is 0 Å². The highest BCUT2D eigenvalue weighted by atomic mass is 16.1. The summed E-state index contributed by atoms with van der Waals surface area (Å²) >= 11 is 0. The zero-order chi connectivity index (χ0) is 13.6. The molecule has 2 heteroatoms. The molecule has 1 aliphatic carbocycles. The van der Waals surface area contributed by atoms with E-state index >= 15 is 0 Å². The lowest BCUT2D eigenvalue weighted by molar-refractivity contribution is -0.111. The zero-order valence-electron chi connectivity index (χ0n) is 12.3. The van der Waals surface area contributed by atoms with Gasteiger partial charge in [0.25, 0.3) is 0 Å². The molecule has 0 aromatic carbocycles. The maximum atomic E-state index is 10.9. The SMILES string of the molecule is CC(C)=CCC[C@@](C)(NC=O)[C@@H]1CC=C(C)CC1. The normalized spacial score (nSPS) is 22.7. The van der Waals surface area contributed by atoms with Crippen LogP contribution in [-0.4, -0.2) is 11.9 Å². The van der Waals surface area contributed by atoms with Crippen molar-refractivity contribution in [3.8, 4) is 0 Å². The molecule has 0 heterocycles. The molecule has 1 N–H and O–H groups in total. The first kappa shape index (κ1) is 15.0. The van der Waals surface area contributed by atoms with Crippen LogP contribution in [0.3, 0.4) is 0 Å². The highest BCUT2D eigenvalue weighted by Gasteiger charge is 2.33. The van der Waals surface area contributed by atoms with E-state index in [0.717, 1.165) is 25.7 Å². The lowest BCUT2D eigenvalue weighted by Crippen LogP contribution is -2.48. The summed E-state index contributed by atoms with van der Waals surface area (Å²) in [4.78, 5) is 10.9. The van der Waals surface area contributed by atoms with Gasteiger partial charge in [0.2, 0.25) is 6.41 Å². The van der Waals surface area contributed by atoms with Crippen molar-refractivity contribution in [1.82, 2.24) is 5.32 Å². The van der Waals surface area contributed by atoms with Crippen LogP contribution in [0.5, 0.6) is 0 Å². The van der Waals surface area contributed by atoms with Gasteiger partial charge in [0.15, 0.2) is 0 Å². The first-order valence-corrected chi connectivity index (χ1v) is 6.98. The molecule has 0 unspecified atom stereocenters. The highest BCUT2D eigenvalue weighted by Crippen LogP contribution is 2.34. The number of carbonyl (C=O) groups excluding carboxylic acids is 1. The van der Waals surface area contributed by atoms with Crippen LogP contribution in [0.4, 0.5) is 0 Å². The van der Waals surface area contributed by atoms with Crippen LogP contribution in [0, 0.1) is 5.92 Å². The van der Waals surface area contributed by atoms with E-state index in [2.05, 4.69) is 45.2 Å². The van der Waals surface area contributed by atoms with E-state index < -0.39 is 0 Å². The maximum Gasteiger partial charge on any atom is 0.207 e. The third kappa shape index (κ3) is 4.32.